The number of aryl methyl sites for hydroxylation is 2. The van der Waals surface area contributed by atoms with Crippen molar-refractivity contribution in [3.63, 3.8) is 0 Å². The minimum absolute atomic E-state index is 0. The van der Waals surface area contributed by atoms with Crippen LogP contribution in [0.25, 0.3) is 10.8 Å². The Morgan fingerprint density at radius 3 is 0.814 bits per heavy atom. The van der Waals surface area contributed by atoms with Gasteiger partial charge in [-0.2, -0.15) is 79.0 Å². The fourth-order valence-electron chi connectivity index (χ4n) is 7.87. The Hall–Kier alpha value is -9.93. The van der Waals surface area contributed by atoms with Crippen molar-refractivity contribution in [1.29, 1.82) is 0 Å². The van der Waals surface area contributed by atoms with E-state index in [9.17, 15) is 237 Å². The molecule has 140 heavy (non-hydrogen) atoms. The molecule has 0 aliphatic rings. The van der Waals surface area contributed by atoms with Crippen LogP contribution >= 0.6 is 7.81 Å². The summed E-state index contributed by atoms with van der Waals surface area (Å²) in [4.78, 5) is 9.43. The second-order valence-electron chi connectivity index (χ2n) is 23.9. The minimum atomic E-state index is -10.7. The summed E-state index contributed by atoms with van der Waals surface area (Å²) in [6.45, 7) is 3.72. The van der Waals surface area contributed by atoms with E-state index < -0.39 is 239 Å². The van der Waals surface area contributed by atoms with Crippen LogP contribution in [0, 0.1) is 72.0 Å². The second kappa shape index (κ2) is 52.4. The molecule has 10 aromatic carbocycles. The Labute approximate surface area is 762 Å². The van der Waals surface area contributed by atoms with Gasteiger partial charge in [0.1, 0.15) is 50.9 Å². The molecule has 4 radical (unpaired) electrons. The van der Waals surface area contributed by atoms with E-state index in [4.69, 9.17) is 20.8 Å². The van der Waals surface area contributed by atoms with Gasteiger partial charge in [0, 0.05) is 0 Å². The number of benzene rings is 10. The van der Waals surface area contributed by atoms with Gasteiger partial charge in [0.2, 0.25) is 5.82 Å². The maximum absolute atomic E-state index is 12.9. The predicted octanol–water partition coefficient (Wildman–Crippen LogP) is 13.7. The molecule has 0 unspecified atom stereocenters. The molecule has 784 valence electrons. The topological polar surface area (TPSA) is 269 Å². The Kier molecular flexibility index (Phi) is 51.8. The van der Waals surface area contributed by atoms with Crippen molar-refractivity contribution in [1.82, 2.24) is 0 Å². The SMILES string of the molecule is Cc1ccc(S(=O)(=O)[O-])cc1.Cc1ccc([S+](c2ccc(C(F)(F)F)cc2)c2ccc(C(F)(F)F)cc2)cc1.FB(F)F.FB(F)F.F[P-](F)(F)(F)(F)F.O=C([O-])c1ccc(C(F)(F)F)cc1.O=S(=O)([O-])C(F)(F)F.O=S(=O)([O-])c1c(F)c(F)c(F)c(F)c1F.O=S(=O)([O-])c1ccc2ccccc2c1.[B]c1c(F)c(F)c(F)c(F)c1F.[B]c1cc(C(F)(F)F)cc(C(F)(F)F)c1.[F-].[F-].[F-].[F][Sb]([F])([F])([F])[F]. The van der Waals surface area contributed by atoms with Crippen LogP contribution < -0.4 is 30.1 Å². The van der Waals surface area contributed by atoms with Crippen LogP contribution in [0.3, 0.4) is 0 Å². The molecule has 0 aromatic heterocycles. The van der Waals surface area contributed by atoms with Crippen LogP contribution in [-0.4, -0.2) is 114 Å². The van der Waals surface area contributed by atoms with Crippen LogP contribution in [0.2, 0.25) is 0 Å². The number of rotatable bonds is 7. The van der Waals surface area contributed by atoms with Crippen LogP contribution in [0.4, 0.5) is 188 Å². The quantitative estimate of drug-likeness (QED) is 0.0210. The van der Waals surface area contributed by atoms with Gasteiger partial charge in [-0.3, -0.25) is 25.9 Å². The molecule has 10 rings (SSSR count). The molecular weight excluding hydrogens is 2300 g/mol. The summed E-state index contributed by atoms with van der Waals surface area (Å²) >= 11 is -9.19. The average Bonchev–Trinajstić information content (AvgIpc) is 0.775. The van der Waals surface area contributed by atoms with Gasteiger partial charge in [0.25, 0.3) is 0 Å². The normalized spacial score (nSPS) is 12.3. The van der Waals surface area contributed by atoms with E-state index in [0.717, 1.165) is 63.2 Å². The van der Waals surface area contributed by atoms with Crippen molar-refractivity contribution in [3.05, 3.63) is 285 Å². The van der Waals surface area contributed by atoms with Crippen molar-refractivity contribution in [2.24, 2.45) is 0 Å². The predicted molar refractivity (Wildman–Crippen MR) is 389 cm³/mol. The standard InChI is InChI=1S/C21H15F6S.C10H8O3S.C8H3BF6.C8H5F3O2.C7H8O3S.C6BF5.C6HF5O3S.CHF3O3S.2BF3.F6P.8FH.Sb/c1-14-2-8-17(9-3-14)28(18-10-4-15(5-11-18)20(22,23)24)19-12-6-16(7-13-19)21(25,26)27;11-14(12,13)10-6-5-8-3-1-2-4-9(8)7-10;9-6-2-4(7(10,11)12)1-5(3-6)8(13,14)15;9-8(10,11)6-3-1-5(2-4-6)7(12)13;1-6-2-4-7(5-3-6)11(8,9)10;7-1-2(8)4(10)6(12)5(11)3(1)9;7-1-2(8)4(10)6(15(12,13)14)5(11)3(1)9;2-1(3,4)8(5,6)7;2*2-1(3)4;1-7(2,3,4,5)6;;;;;;;;;/h2-13H,1H3;1-7H,(H,11,12,13);1-3H;1-4H,(H,12,13);2-5H,1H3,(H,8,9,10);;(H,12,13,14);(H,5,6,7);;;;8*1H;/q+1;;;;;;;;;;-1;;;;;;;;;+5/p-13. The van der Waals surface area contributed by atoms with Gasteiger partial charge < -0.3 is 42.2 Å². The first-order valence-corrected chi connectivity index (χ1v) is 46.2. The number of halogens is 48. The van der Waals surface area contributed by atoms with Gasteiger partial charge in [-0.05, 0) is 139 Å². The first-order valence-electron chi connectivity index (χ1n) is 32.5. The maximum atomic E-state index is 12.9. The van der Waals surface area contributed by atoms with E-state index in [1.165, 1.54) is 48.5 Å². The average molecular weight is 2330 g/mol. The molecule has 73 heteroatoms. The number of carboxylic acids is 1. The molecule has 0 aliphatic heterocycles. The molecule has 0 heterocycles. The number of carboxylic acid groups (broad SMARTS) is 1. The Morgan fingerprint density at radius 2 is 0.571 bits per heavy atom. The van der Waals surface area contributed by atoms with Gasteiger partial charge in [-0.15, -0.1) is 0 Å². The molecule has 0 N–H and O–H groups in total. The molecule has 0 bridgehead atoms. The van der Waals surface area contributed by atoms with E-state index in [2.05, 4.69) is 7.85 Å². The van der Waals surface area contributed by atoms with E-state index in [1.54, 1.807) is 30.3 Å². The summed E-state index contributed by atoms with van der Waals surface area (Å²) in [6.07, 6.45) is -23.0. The zero-order valence-corrected chi connectivity index (χ0v) is 73.5. The molecule has 0 saturated carbocycles. The third-order valence-electron chi connectivity index (χ3n) is 13.4. The van der Waals surface area contributed by atoms with Gasteiger partial charge in [-0.25, -0.2) is 77.6 Å². The fraction of sp³-hybridized carbons (Fsp3) is 0.119. The van der Waals surface area contributed by atoms with Crippen molar-refractivity contribution >= 4 is 138 Å². The van der Waals surface area contributed by atoms with Crippen LogP contribution in [-0.2, 0) is 82.2 Å². The monoisotopic (exact) mass is 2330 g/mol. The van der Waals surface area contributed by atoms with E-state index in [0.29, 0.717) is 34.1 Å². The van der Waals surface area contributed by atoms with Crippen LogP contribution in [0.5, 0.6) is 0 Å². The summed E-state index contributed by atoms with van der Waals surface area (Å²) in [7, 11) is -29.8. The molecule has 0 atom stereocenters. The summed E-state index contributed by atoms with van der Waals surface area (Å²) < 4.78 is 629. The summed E-state index contributed by atoms with van der Waals surface area (Å²) in [5.41, 5.74) is -11.2. The molecular formula is C67H36B4F48O14PS5Sb-8. The number of alkyl halides is 18. The molecule has 0 amide bonds. The zero-order valence-electron chi connectivity index (χ0n) is 65.9. The molecule has 0 saturated heterocycles. The number of carbonyl (C=O) groups is 1. The Balaban J connectivity index is -0.000000490. The van der Waals surface area contributed by atoms with Gasteiger partial charge in [0.05, 0.1) is 54.5 Å². The van der Waals surface area contributed by atoms with Crippen LogP contribution in [0.1, 0.15) is 49.3 Å². The number of carbonyl (C=O) groups excluding carboxylic acids is 1. The zero-order chi connectivity index (χ0) is 109. The van der Waals surface area contributed by atoms with E-state index >= 15 is 0 Å². The molecule has 14 nitrogen and oxygen atoms in total. The molecule has 10 aromatic rings. The number of hydrogen-bond donors (Lipinski definition) is 0. The molecule has 0 fully saturated rings. The molecule has 0 aliphatic carbocycles. The summed E-state index contributed by atoms with van der Waals surface area (Å²) in [5, 5.41) is 11.8. The number of aromatic carboxylic acids is 1. The van der Waals surface area contributed by atoms with Gasteiger partial charge in [0.15, 0.2) is 77.2 Å². The molecule has 0 spiro atoms. The third-order valence-corrected chi connectivity index (χ3v) is 18.8. The fourth-order valence-corrected chi connectivity index (χ4v) is 11.5. The van der Waals surface area contributed by atoms with Crippen LogP contribution in [0.15, 0.2) is 211 Å². The Morgan fingerprint density at radius 1 is 0.343 bits per heavy atom. The van der Waals surface area contributed by atoms with E-state index in [1.807, 2.05) is 50.2 Å². The van der Waals surface area contributed by atoms with Gasteiger partial charge >= 0.3 is 119 Å². The first-order chi connectivity index (χ1) is 60.7. The first kappa shape index (κ1) is 139. The van der Waals surface area contributed by atoms with Crippen molar-refractivity contribution in [2.45, 2.75) is 79.6 Å². The Bertz CT molecular complexity index is 5920. The van der Waals surface area contributed by atoms with Crippen molar-refractivity contribution in [3.8, 4) is 0 Å². The van der Waals surface area contributed by atoms with Gasteiger partial charge in [-0.1, -0.05) is 95.5 Å². The van der Waals surface area contributed by atoms with Crippen molar-refractivity contribution in [2.75, 3.05) is 0 Å². The number of hydrogen-bond acceptors (Lipinski definition) is 14. The van der Waals surface area contributed by atoms with Crippen molar-refractivity contribution < 1.29 is 264 Å². The number of fused-ring (bicyclic) bond motifs is 1. The summed E-state index contributed by atoms with van der Waals surface area (Å²) in [6, 6.07) is 38.3. The third kappa shape index (κ3) is 55.5. The second-order valence-corrected chi connectivity index (χ2v) is 37.0. The summed E-state index contributed by atoms with van der Waals surface area (Å²) in [5.74, 6) is -24.6. The van der Waals surface area contributed by atoms with E-state index in [-0.39, 0.29) is 35.5 Å².